The number of fused-ring (bicyclic) bond motifs is 3. The fourth-order valence-electron chi connectivity index (χ4n) is 5.84. The normalized spacial score (nSPS) is 10.3. The fourth-order valence-corrected chi connectivity index (χ4v) is 5.84. The van der Waals surface area contributed by atoms with Crippen molar-refractivity contribution in [2.24, 2.45) is 0 Å². The van der Waals surface area contributed by atoms with Crippen LogP contribution in [0.15, 0.2) is 201 Å². The molecule has 0 radical (unpaired) electrons. The molecule has 0 spiro atoms. The molecule has 0 unspecified atom stereocenters. The average Bonchev–Trinajstić information content (AvgIpc) is 3.19. The van der Waals surface area contributed by atoms with Gasteiger partial charge in [0, 0.05) is 51.4 Å². The first-order valence-electron chi connectivity index (χ1n) is 16.0. The van der Waals surface area contributed by atoms with Gasteiger partial charge in [-0.3, -0.25) is 15.0 Å². The summed E-state index contributed by atoms with van der Waals surface area (Å²) in [4.78, 5) is 13.4. The van der Waals surface area contributed by atoms with Crippen molar-refractivity contribution >= 4 is 58.2 Å². The van der Waals surface area contributed by atoms with Crippen molar-refractivity contribution in [3.05, 3.63) is 201 Å². The minimum atomic E-state index is 0. The van der Waals surface area contributed by atoms with Crippen LogP contribution in [-0.4, -0.2) is 40.8 Å². The first kappa shape index (κ1) is 33.3. The van der Waals surface area contributed by atoms with E-state index in [1.54, 1.807) is 0 Å². The number of aromatic nitrogens is 3. The van der Waals surface area contributed by atoms with Crippen LogP contribution in [0.5, 0.6) is 0 Å². The molecular formula is C45H36InN3. The summed E-state index contributed by atoms with van der Waals surface area (Å²) >= 11 is 0. The molecule has 0 bridgehead atoms. The zero-order chi connectivity index (χ0) is 32.4. The van der Waals surface area contributed by atoms with E-state index >= 15 is 0 Å². The van der Waals surface area contributed by atoms with E-state index in [0.29, 0.717) is 0 Å². The molecule has 3 heterocycles. The SMILES string of the molecule is [InH3].c1ccc(-c2nccc3ccccc23)cc1.c1ccc(-c2nccc3ccccc23)cc1.c1ccc(-c2nccc3ccccc23)cc1. The van der Waals surface area contributed by atoms with Crippen LogP contribution in [0.1, 0.15) is 0 Å². The van der Waals surface area contributed by atoms with E-state index in [1.807, 2.05) is 91.4 Å². The summed E-state index contributed by atoms with van der Waals surface area (Å²) in [5.41, 5.74) is 6.66. The smallest absolute Gasteiger partial charge is 0.0780 e. The molecule has 0 N–H and O–H groups in total. The molecule has 0 saturated heterocycles. The summed E-state index contributed by atoms with van der Waals surface area (Å²) in [6, 6.07) is 62.0. The third-order valence-electron chi connectivity index (χ3n) is 8.16. The number of hydrogen-bond acceptors (Lipinski definition) is 3. The molecule has 0 aliphatic carbocycles. The third kappa shape index (κ3) is 7.94. The van der Waals surface area contributed by atoms with E-state index in [0.717, 1.165) is 17.1 Å². The molecule has 0 amide bonds. The van der Waals surface area contributed by atoms with Gasteiger partial charge in [-0.15, -0.1) is 0 Å². The summed E-state index contributed by atoms with van der Waals surface area (Å²) in [6.07, 6.45) is 5.60. The largest absolute Gasteiger partial charge is 0.256 e. The van der Waals surface area contributed by atoms with Gasteiger partial charge >= 0.3 is 25.8 Å². The van der Waals surface area contributed by atoms with Crippen molar-refractivity contribution in [3.63, 3.8) is 0 Å². The van der Waals surface area contributed by atoms with Gasteiger partial charge in [-0.25, -0.2) is 0 Å². The number of rotatable bonds is 3. The predicted molar refractivity (Wildman–Crippen MR) is 211 cm³/mol. The van der Waals surface area contributed by atoms with Crippen molar-refractivity contribution < 1.29 is 0 Å². The second-order valence-electron chi connectivity index (χ2n) is 11.2. The molecule has 3 nitrogen and oxygen atoms in total. The minimum absolute atomic E-state index is 0. The molecule has 4 heteroatoms. The summed E-state index contributed by atoms with van der Waals surface area (Å²) < 4.78 is 0. The molecule has 3 aromatic heterocycles. The van der Waals surface area contributed by atoms with Gasteiger partial charge in [-0.05, 0) is 34.4 Å². The minimum Gasteiger partial charge on any atom is -0.256 e. The van der Waals surface area contributed by atoms with Gasteiger partial charge in [0.15, 0.2) is 0 Å². The maximum Gasteiger partial charge on any atom is 0.0780 e. The number of hydrogen-bond donors (Lipinski definition) is 0. The average molecular weight is 734 g/mol. The fraction of sp³-hybridized carbons (Fsp3) is 0. The Hall–Kier alpha value is -5.58. The summed E-state index contributed by atoms with van der Waals surface area (Å²) in [5, 5.41) is 7.31. The van der Waals surface area contributed by atoms with Crippen LogP contribution < -0.4 is 0 Å². The quantitative estimate of drug-likeness (QED) is 0.182. The number of benzene rings is 6. The van der Waals surface area contributed by atoms with Crippen LogP contribution >= 0.6 is 0 Å². The molecule has 6 aromatic carbocycles. The Morgan fingerprint density at radius 3 is 0.776 bits per heavy atom. The Kier molecular flexibility index (Phi) is 11.2. The third-order valence-corrected chi connectivity index (χ3v) is 8.16. The zero-order valence-corrected chi connectivity index (χ0v) is 26.4. The Morgan fingerprint density at radius 2 is 0.490 bits per heavy atom. The van der Waals surface area contributed by atoms with Crippen LogP contribution in [-0.2, 0) is 0 Å². The van der Waals surface area contributed by atoms with Crippen molar-refractivity contribution in [3.8, 4) is 33.8 Å². The summed E-state index contributed by atoms with van der Waals surface area (Å²) in [5.74, 6) is 0. The van der Waals surface area contributed by atoms with Crippen LogP contribution in [0, 0.1) is 0 Å². The van der Waals surface area contributed by atoms with Crippen LogP contribution in [0.25, 0.3) is 66.1 Å². The Morgan fingerprint density at radius 1 is 0.245 bits per heavy atom. The van der Waals surface area contributed by atoms with Gasteiger partial charge in [-0.2, -0.15) is 0 Å². The molecule has 0 fully saturated rings. The van der Waals surface area contributed by atoms with Gasteiger partial charge < -0.3 is 0 Å². The van der Waals surface area contributed by atoms with E-state index in [2.05, 4.69) is 124 Å². The van der Waals surface area contributed by atoms with Crippen LogP contribution in [0.2, 0.25) is 0 Å². The first-order valence-corrected chi connectivity index (χ1v) is 16.0. The summed E-state index contributed by atoms with van der Waals surface area (Å²) in [7, 11) is 0. The molecule has 49 heavy (non-hydrogen) atoms. The van der Waals surface area contributed by atoms with E-state index in [9.17, 15) is 0 Å². The molecule has 0 atom stereocenters. The van der Waals surface area contributed by atoms with Crippen molar-refractivity contribution in [2.75, 3.05) is 0 Å². The van der Waals surface area contributed by atoms with Gasteiger partial charge in [0.1, 0.15) is 0 Å². The van der Waals surface area contributed by atoms with Crippen LogP contribution in [0.4, 0.5) is 0 Å². The van der Waals surface area contributed by atoms with E-state index < -0.39 is 0 Å². The second-order valence-corrected chi connectivity index (χ2v) is 11.2. The topological polar surface area (TPSA) is 38.7 Å². The van der Waals surface area contributed by atoms with E-state index in [4.69, 9.17) is 0 Å². The van der Waals surface area contributed by atoms with E-state index in [-0.39, 0.29) is 25.8 Å². The van der Waals surface area contributed by atoms with Gasteiger partial charge in [-0.1, -0.05) is 164 Å². The van der Waals surface area contributed by atoms with Crippen molar-refractivity contribution in [1.29, 1.82) is 0 Å². The van der Waals surface area contributed by atoms with Gasteiger partial charge in [0.25, 0.3) is 0 Å². The monoisotopic (exact) mass is 733 g/mol. The molecular weight excluding hydrogens is 697 g/mol. The van der Waals surface area contributed by atoms with Gasteiger partial charge in [0.05, 0.1) is 17.1 Å². The Labute approximate surface area is 305 Å². The molecule has 9 aromatic rings. The maximum atomic E-state index is 4.48. The van der Waals surface area contributed by atoms with Crippen LogP contribution in [0.3, 0.4) is 0 Å². The summed E-state index contributed by atoms with van der Waals surface area (Å²) in [6.45, 7) is 0. The number of nitrogens with zero attached hydrogens (tertiary/aromatic N) is 3. The molecule has 234 valence electrons. The van der Waals surface area contributed by atoms with Crippen molar-refractivity contribution in [2.45, 2.75) is 0 Å². The Bertz CT molecular complexity index is 2110. The molecule has 0 aliphatic rings. The number of pyridine rings is 3. The maximum absolute atomic E-state index is 4.48. The van der Waals surface area contributed by atoms with Gasteiger partial charge in [0.2, 0.25) is 0 Å². The predicted octanol–water partition coefficient (Wildman–Crippen LogP) is 10.5. The molecule has 0 aliphatic heterocycles. The molecule has 0 saturated carbocycles. The molecule has 9 rings (SSSR count). The Balaban J connectivity index is 0.000000126. The van der Waals surface area contributed by atoms with E-state index in [1.165, 1.54) is 49.0 Å². The standard InChI is InChI=1S/3C15H11N.In.3H/c3*1-2-7-13(8-3-1)15-14-9-5-4-6-12(14)10-11-16-15;;;;/h3*1-11H;;;;. The second kappa shape index (κ2) is 16.5. The zero-order valence-electron chi connectivity index (χ0n) is 26.4. The van der Waals surface area contributed by atoms with Crippen molar-refractivity contribution in [1.82, 2.24) is 15.0 Å². The first-order chi connectivity index (χ1) is 23.8.